The number of dihydropyridines is 1. The summed E-state index contributed by atoms with van der Waals surface area (Å²) in [4.78, 5) is 33.0. The number of hydrogen-bond acceptors (Lipinski definition) is 6. The highest BCUT2D eigenvalue weighted by Gasteiger charge is 2.43. The summed E-state index contributed by atoms with van der Waals surface area (Å²) in [5.74, 6) is 0.191. The predicted molar refractivity (Wildman–Crippen MR) is 98.8 cm³/mol. The van der Waals surface area contributed by atoms with Crippen LogP contribution in [0.2, 0.25) is 0 Å². The van der Waals surface area contributed by atoms with Crippen molar-refractivity contribution in [2.75, 3.05) is 18.4 Å². The van der Waals surface area contributed by atoms with Crippen LogP contribution in [0.5, 0.6) is 0 Å². The molecular formula is C18H21F3N6O3. The van der Waals surface area contributed by atoms with Gasteiger partial charge in [-0.05, 0) is 19.4 Å². The normalized spacial score (nSPS) is 23.8. The highest BCUT2D eigenvalue weighted by atomic mass is 19.4. The van der Waals surface area contributed by atoms with Crippen molar-refractivity contribution in [2.24, 2.45) is 0 Å². The monoisotopic (exact) mass is 426 g/mol. The standard InChI is InChI=1S/C18H21F3N6O3/c1-9(18(19,20)21)22-16(28)12-3-4-13-15(24-12)27(11-5-6-26(13)7-11)17(29)25-14-8-30-10(2)23-14/h3-4,8-9,11-12,24H,5-7H2,1-2H3,(H,22,28)(H,25,29)/t9-,11+,12?/m1/s1. The molecule has 3 aliphatic rings. The van der Waals surface area contributed by atoms with Crippen LogP contribution >= 0.6 is 0 Å². The number of carbonyl (C=O) groups excluding carboxylic acids is 2. The minimum absolute atomic E-state index is 0.145. The van der Waals surface area contributed by atoms with E-state index < -0.39 is 30.2 Å². The lowest BCUT2D eigenvalue weighted by molar-refractivity contribution is -0.158. The van der Waals surface area contributed by atoms with Crippen molar-refractivity contribution < 1.29 is 27.2 Å². The van der Waals surface area contributed by atoms with E-state index in [1.807, 2.05) is 5.32 Å². The van der Waals surface area contributed by atoms with Gasteiger partial charge in [0, 0.05) is 20.0 Å². The molecule has 0 spiro atoms. The van der Waals surface area contributed by atoms with Gasteiger partial charge in [-0.1, -0.05) is 6.08 Å². The molecule has 12 heteroatoms. The number of carbonyl (C=O) groups is 2. The number of aryl methyl sites for hydroxylation is 1. The fourth-order valence-electron chi connectivity index (χ4n) is 3.73. The van der Waals surface area contributed by atoms with Gasteiger partial charge in [0.1, 0.15) is 24.2 Å². The first-order chi connectivity index (χ1) is 14.1. The Labute approximate surface area is 170 Å². The highest BCUT2D eigenvalue weighted by Crippen LogP contribution is 2.33. The van der Waals surface area contributed by atoms with E-state index in [0.29, 0.717) is 24.0 Å². The summed E-state index contributed by atoms with van der Waals surface area (Å²) < 4.78 is 43.5. The Hall–Kier alpha value is -3.18. The lowest BCUT2D eigenvalue weighted by Gasteiger charge is -2.40. The molecule has 0 saturated carbocycles. The van der Waals surface area contributed by atoms with Gasteiger partial charge in [-0.2, -0.15) is 18.2 Å². The third kappa shape index (κ3) is 3.68. The smallest absolute Gasteiger partial charge is 0.408 e. The number of oxazole rings is 1. The van der Waals surface area contributed by atoms with Gasteiger partial charge >= 0.3 is 12.2 Å². The number of rotatable bonds is 3. The lowest BCUT2D eigenvalue weighted by Crippen LogP contribution is -2.57. The van der Waals surface area contributed by atoms with E-state index in [-0.39, 0.29) is 11.9 Å². The molecule has 9 nitrogen and oxygen atoms in total. The number of aromatic nitrogens is 1. The van der Waals surface area contributed by atoms with Gasteiger partial charge in [0.2, 0.25) is 5.91 Å². The van der Waals surface area contributed by atoms with Crippen molar-refractivity contribution in [3.8, 4) is 0 Å². The van der Waals surface area contributed by atoms with Gasteiger partial charge < -0.3 is 20.0 Å². The summed E-state index contributed by atoms with van der Waals surface area (Å²) in [6, 6.07) is -3.64. The Bertz CT molecular complexity index is 925. The zero-order valence-corrected chi connectivity index (χ0v) is 16.3. The molecule has 3 amide bonds. The first kappa shape index (κ1) is 20.1. The van der Waals surface area contributed by atoms with Gasteiger partial charge in [-0.15, -0.1) is 0 Å². The highest BCUT2D eigenvalue weighted by molar-refractivity contribution is 5.91. The predicted octanol–water partition coefficient (Wildman–Crippen LogP) is 1.67. The third-order valence-corrected chi connectivity index (χ3v) is 5.30. The largest absolute Gasteiger partial charge is 0.447 e. The molecule has 3 N–H and O–H groups in total. The molecule has 0 aromatic carbocycles. The number of fused-ring (bicyclic) bond motifs is 3. The van der Waals surface area contributed by atoms with E-state index in [4.69, 9.17) is 4.42 Å². The van der Waals surface area contributed by atoms with E-state index in [1.165, 1.54) is 17.2 Å². The number of anilines is 1. The molecule has 3 atom stereocenters. The molecule has 30 heavy (non-hydrogen) atoms. The summed E-state index contributed by atoms with van der Waals surface area (Å²) in [6.45, 7) is 3.87. The quantitative estimate of drug-likeness (QED) is 0.680. The maximum atomic E-state index is 13.0. The second kappa shape index (κ2) is 7.26. The van der Waals surface area contributed by atoms with Crippen LogP contribution in [0.25, 0.3) is 0 Å². The molecule has 2 bridgehead atoms. The summed E-state index contributed by atoms with van der Waals surface area (Å²) in [5, 5.41) is 7.54. The number of nitrogens with zero attached hydrogens (tertiary/aromatic N) is 3. The lowest BCUT2D eigenvalue weighted by atomic mass is 10.1. The summed E-state index contributed by atoms with van der Waals surface area (Å²) in [7, 11) is 0. The van der Waals surface area contributed by atoms with E-state index in [2.05, 4.69) is 20.5 Å². The Morgan fingerprint density at radius 3 is 2.83 bits per heavy atom. The minimum atomic E-state index is -4.55. The number of allylic oxidation sites excluding steroid dienone is 1. The number of halogens is 3. The van der Waals surface area contributed by atoms with Crippen LogP contribution in [-0.2, 0) is 4.79 Å². The van der Waals surface area contributed by atoms with Crippen LogP contribution in [0.4, 0.5) is 23.8 Å². The van der Waals surface area contributed by atoms with Crippen LogP contribution in [0, 0.1) is 6.92 Å². The maximum Gasteiger partial charge on any atom is 0.408 e. The van der Waals surface area contributed by atoms with Crippen molar-refractivity contribution in [1.82, 2.24) is 25.4 Å². The Morgan fingerprint density at radius 1 is 1.40 bits per heavy atom. The number of hydrogen-bond donors (Lipinski definition) is 3. The first-order valence-corrected chi connectivity index (χ1v) is 9.47. The second-order valence-electron chi connectivity index (χ2n) is 7.43. The number of nitrogens with one attached hydrogen (secondary N) is 3. The van der Waals surface area contributed by atoms with E-state index in [0.717, 1.165) is 19.9 Å². The second-order valence-corrected chi connectivity index (χ2v) is 7.43. The van der Waals surface area contributed by atoms with Crippen LogP contribution in [-0.4, -0.2) is 64.1 Å². The van der Waals surface area contributed by atoms with Crippen molar-refractivity contribution in [3.05, 3.63) is 35.8 Å². The van der Waals surface area contributed by atoms with Gasteiger partial charge in [0.05, 0.1) is 11.7 Å². The van der Waals surface area contributed by atoms with E-state index in [9.17, 15) is 22.8 Å². The zero-order valence-electron chi connectivity index (χ0n) is 16.3. The van der Waals surface area contributed by atoms with E-state index >= 15 is 0 Å². The summed E-state index contributed by atoms with van der Waals surface area (Å²) in [5.41, 5.74) is 0.711. The van der Waals surface area contributed by atoms with Crippen molar-refractivity contribution >= 4 is 17.8 Å². The average molecular weight is 426 g/mol. The van der Waals surface area contributed by atoms with Gasteiger partial charge in [0.15, 0.2) is 11.7 Å². The molecule has 1 saturated heterocycles. The molecule has 0 radical (unpaired) electrons. The van der Waals surface area contributed by atoms with Gasteiger partial charge in [-0.3, -0.25) is 15.0 Å². The van der Waals surface area contributed by atoms with Gasteiger partial charge in [-0.25, -0.2) is 4.79 Å². The number of alkyl halides is 3. The van der Waals surface area contributed by atoms with Crippen LogP contribution in [0.3, 0.4) is 0 Å². The van der Waals surface area contributed by atoms with Gasteiger partial charge in [0.25, 0.3) is 0 Å². The molecular weight excluding hydrogens is 405 g/mol. The average Bonchev–Trinajstić information content (AvgIpc) is 3.27. The van der Waals surface area contributed by atoms with Crippen LogP contribution in [0.1, 0.15) is 19.2 Å². The Morgan fingerprint density at radius 2 is 2.17 bits per heavy atom. The first-order valence-electron chi connectivity index (χ1n) is 9.47. The van der Waals surface area contributed by atoms with Crippen LogP contribution in [0.15, 0.2) is 34.4 Å². The third-order valence-electron chi connectivity index (χ3n) is 5.30. The Balaban J connectivity index is 1.53. The van der Waals surface area contributed by atoms with E-state index in [1.54, 1.807) is 13.0 Å². The maximum absolute atomic E-state index is 13.0. The fourth-order valence-corrected chi connectivity index (χ4v) is 3.73. The summed E-state index contributed by atoms with van der Waals surface area (Å²) in [6.07, 6.45) is 0.644. The van der Waals surface area contributed by atoms with Crippen molar-refractivity contribution in [3.63, 3.8) is 0 Å². The van der Waals surface area contributed by atoms with Crippen molar-refractivity contribution in [2.45, 2.75) is 44.6 Å². The molecule has 1 fully saturated rings. The Kier molecular flexibility index (Phi) is 4.86. The fraction of sp³-hybridized carbons (Fsp3) is 0.500. The molecule has 162 valence electrons. The minimum Gasteiger partial charge on any atom is -0.447 e. The molecule has 1 aromatic heterocycles. The summed E-state index contributed by atoms with van der Waals surface area (Å²) >= 11 is 0. The zero-order chi connectivity index (χ0) is 21.6. The molecule has 4 heterocycles. The number of urea groups is 1. The van der Waals surface area contributed by atoms with Crippen LogP contribution < -0.4 is 16.0 Å². The molecule has 0 aliphatic carbocycles. The molecule has 1 aromatic rings. The molecule has 1 unspecified atom stereocenters. The molecule has 4 rings (SSSR count). The number of amides is 3. The SMILES string of the molecule is Cc1nc(NC(=O)N2C3=C(C=CC(C(=O)N[C@H](C)C(F)(F)F)N3)N3CC[C@H]2C3)co1. The van der Waals surface area contributed by atoms with Crippen molar-refractivity contribution in [1.29, 1.82) is 0 Å². The molecule has 3 aliphatic heterocycles. The topological polar surface area (TPSA) is 103 Å².